The number of aliphatic carboxylic acids is 1. The van der Waals surface area contributed by atoms with Crippen LogP contribution in [-0.4, -0.2) is 36.1 Å². The lowest BCUT2D eigenvalue weighted by Gasteiger charge is -2.13. The Hall–Kier alpha value is -1.54. The van der Waals surface area contributed by atoms with Crippen molar-refractivity contribution >= 4 is 11.9 Å². The van der Waals surface area contributed by atoms with Crippen molar-refractivity contribution in [2.45, 2.75) is 19.4 Å². The molecule has 0 bridgehead atoms. The van der Waals surface area contributed by atoms with Gasteiger partial charge in [-0.1, -0.05) is 0 Å². The SMILES string of the molecule is C#CCCNCC(NC(C)=O)C(=O)O. The normalized spacial score (nSPS) is 11.4. The number of hydrogen-bond acceptors (Lipinski definition) is 3. The summed E-state index contributed by atoms with van der Waals surface area (Å²) in [4.78, 5) is 21.2. The summed E-state index contributed by atoms with van der Waals surface area (Å²) >= 11 is 0. The standard InChI is InChI=1S/C9H14N2O3/c1-3-4-5-10-6-8(9(13)14)11-7(2)12/h1,8,10H,4-6H2,2H3,(H,11,12)(H,13,14). The molecule has 0 aromatic rings. The van der Waals surface area contributed by atoms with E-state index in [1.165, 1.54) is 6.92 Å². The third kappa shape index (κ3) is 6.03. The van der Waals surface area contributed by atoms with Crippen LogP contribution in [0.15, 0.2) is 0 Å². The Morgan fingerprint density at radius 3 is 2.64 bits per heavy atom. The zero-order chi connectivity index (χ0) is 11.0. The lowest BCUT2D eigenvalue weighted by atomic mass is 10.3. The zero-order valence-electron chi connectivity index (χ0n) is 8.04. The van der Waals surface area contributed by atoms with Crippen LogP contribution in [0.5, 0.6) is 0 Å². The van der Waals surface area contributed by atoms with E-state index in [1.807, 2.05) is 0 Å². The van der Waals surface area contributed by atoms with Crippen LogP contribution >= 0.6 is 0 Å². The topological polar surface area (TPSA) is 78.4 Å². The summed E-state index contributed by atoms with van der Waals surface area (Å²) in [6.07, 6.45) is 5.54. The monoisotopic (exact) mass is 198 g/mol. The maximum Gasteiger partial charge on any atom is 0.327 e. The fourth-order valence-electron chi connectivity index (χ4n) is 0.852. The molecule has 0 heterocycles. The van der Waals surface area contributed by atoms with Crippen LogP contribution < -0.4 is 10.6 Å². The number of carboxylic acid groups (broad SMARTS) is 1. The van der Waals surface area contributed by atoms with Crippen molar-refractivity contribution in [1.82, 2.24) is 10.6 Å². The molecule has 14 heavy (non-hydrogen) atoms. The molecular formula is C9H14N2O3. The summed E-state index contributed by atoms with van der Waals surface area (Å²) in [6, 6.07) is -0.898. The van der Waals surface area contributed by atoms with Crippen molar-refractivity contribution in [2.75, 3.05) is 13.1 Å². The van der Waals surface area contributed by atoms with Crippen molar-refractivity contribution in [3.05, 3.63) is 0 Å². The van der Waals surface area contributed by atoms with Gasteiger partial charge >= 0.3 is 5.97 Å². The molecule has 1 atom stereocenters. The minimum absolute atomic E-state index is 0.177. The smallest absolute Gasteiger partial charge is 0.327 e. The maximum absolute atomic E-state index is 10.6. The van der Waals surface area contributed by atoms with Crippen LogP contribution in [0.3, 0.4) is 0 Å². The highest BCUT2D eigenvalue weighted by Gasteiger charge is 2.16. The molecule has 0 saturated heterocycles. The molecule has 0 saturated carbocycles. The fraction of sp³-hybridized carbons (Fsp3) is 0.556. The Balaban J connectivity index is 3.81. The average molecular weight is 198 g/mol. The van der Waals surface area contributed by atoms with Gasteiger partial charge in [-0.2, -0.15) is 0 Å². The second-order valence-corrected chi connectivity index (χ2v) is 2.75. The van der Waals surface area contributed by atoms with E-state index in [9.17, 15) is 9.59 Å². The molecule has 0 aliphatic carbocycles. The molecule has 78 valence electrons. The highest BCUT2D eigenvalue weighted by Crippen LogP contribution is 1.83. The van der Waals surface area contributed by atoms with Gasteiger partial charge in [-0.25, -0.2) is 4.79 Å². The summed E-state index contributed by atoms with van der Waals surface area (Å²) in [5, 5.41) is 13.8. The number of rotatable bonds is 6. The highest BCUT2D eigenvalue weighted by molar-refractivity contribution is 5.82. The first-order chi connectivity index (χ1) is 6.57. The molecule has 0 aromatic carbocycles. The van der Waals surface area contributed by atoms with Gasteiger partial charge in [0.1, 0.15) is 6.04 Å². The lowest BCUT2D eigenvalue weighted by molar-refractivity contribution is -0.141. The second-order valence-electron chi connectivity index (χ2n) is 2.75. The van der Waals surface area contributed by atoms with E-state index in [2.05, 4.69) is 16.6 Å². The molecule has 5 heteroatoms. The third-order valence-electron chi connectivity index (χ3n) is 1.47. The minimum atomic E-state index is -1.06. The van der Waals surface area contributed by atoms with Crippen molar-refractivity contribution in [1.29, 1.82) is 0 Å². The van der Waals surface area contributed by atoms with Crippen LogP contribution in [0.4, 0.5) is 0 Å². The van der Waals surface area contributed by atoms with Gasteiger partial charge in [0.2, 0.25) is 5.91 Å². The van der Waals surface area contributed by atoms with Crippen molar-refractivity contribution in [3.63, 3.8) is 0 Å². The molecule has 1 unspecified atom stereocenters. The Morgan fingerprint density at radius 1 is 1.57 bits per heavy atom. The van der Waals surface area contributed by atoms with Gasteiger partial charge in [-0.3, -0.25) is 4.79 Å². The highest BCUT2D eigenvalue weighted by atomic mass is 16.4. The molecule has 0 aromatic heterocycles. The third-order valence-corrected chi connectivity index (χ3v) is 1.47. The number of amides is 1. The molecule has 1 amide bonds. The Bertz CT molecular complexity index is 245. The first-order valence-corrected chi connectivity index (χ1v) is 4.22. The van der Waals surface area contributed by atoms with Crippen LogP contribution in [0.2, 0.25) is 0 Å². The molecule has 0 radical (unpaired) electrons. The molecular weight excluding hydrogens is 184 g/mol. The predicted octanol–water partition coefficient (Wildman–Crippen LogP) is -0.811. The average Bonchev–Trinajstić information content (AvgIpc) is 2.09. The molecule has 3 N–H and O–H groups in total. The van der Waals surface area contributed by atoms with E-state index in [-0.39, 0.29) is 12.5 Å². The van der Waals surface area contributed by atoms with E-state index in [4.69, 9.17) is 11.5 Å². The van der Waals surface area contributed by atoms with Crippen LogP contribution in [0, 0.1) is 12.3 Å². The largest absolute Gasteiger partial charge is 0.480 e. The number of terminal acetylenes is 1. The van der Waals surface area contributed by atoms with Gasteiger partial charge in [0, 0.05) is 26.4 Å². The van der Waals surface area contributed by atoms with Gasteiger partial charge in [-0.05, 0) is 0 Å². The first-order valence-electron chi connectivity index (χ1n) is 4.22. The fourth-order valence-corrected chi connectivity index (χ4v) is 0.852. The summed E-state index contributed by atoms with van der Waals surface area (Å²) in [5.74, 6) is 0.988. The minimum Gasteiger partial charge on any atom is -0.480 e. The molecule has 0 aliphatic heterocycles. The Labute approximate surface area is 82.9 Å². The molecule has 5 nitrogen and oxygen atoms in total. The van der Waals surface area contributed by atoms with Crippen LogP contribution in [0.25, 0.3) is 0 Å². The number of carboxylic acids is 1. The summed E-state index contributed by atoms with van der Waals surface area (Å²) in [6.45, 7) is 1.99. The lowest BCUT2D eigenvalue weighted by Crippen LogP contribution is -2.46. The van der Waals surface area contributed by atoms with Gasteiger partial charge in [0.05, 0.1) is 0 Å². The molecule has 0 fully saturated rings. The van der Waals surface area contributed by atoms with Crippen LogP contribution in [0.1, 0.15) is 13.3 Å². The van der Waals surface area contributed by atoms with Gasteiger partial charge in [0.15, 0.2) is 0 Å². The molecule has 0 aliphatic rings. The summed E-state index contributed by atoms with van der Waals surface area (Å²) < 4.78 is 0. The predicted molar refractivity (Wildman–Crippen MR) is 51.6 cm³/mol. The Kier molecular flexibility index (Phi) is 6.16. The summed E-state index contributed by atoms with van der Waals surface area (Å²) in [7, 11) is 0. The van der Waals surface area contributed by atoms with E-state index in [0.29, 0.717) is 13.0 Å². The van der Waals surface area contributed by atoms with E-state index < -0.39 is 12.0 Å². The number of hydrogen-bond donors (Lipinski definition) is 3. The van der Waals surface area contributed by atoms with E-state index >= 15 is 0 Å². The van der Waals surface area contributed by atoms with Gasteiger partial charge < -0.3 is 15.7 Å². The summed E-state index contributed by atoms with van der Waals surface area (Å²) in [5.41, 5.74) is 0. The molecule has 0 spiro atoms. The van der Waals surface area contributed by atoms with E-state index in [1.54, 1.807) is 0 Å². The number of carbonyl (C=O) groups is 2. The van der Waals surface area contributed by atoms with Crippen LogP contribution in [-0.2, 0) is 9.59 Å². The molecule has 0 rings (SSSR count). The quantitative estimate of drug-likeness (QED) is 0.385. The zero-order valence-corrected chi connectivity index (χ0v) is 8.04. The second kappa shape index (κ2) is 6.92. The van der Waals surface area contributed by atoms with Crippen molar-refractivity contribution in [2.24, 2.45) is 0 Å². The maximum atomic E-state index is 10.6. The van der Waals surface area contributed by atoms with Crippen molar-refractivity contribution in [3.8, 4) is 12.3 Å². The first kappa shape index (κ1) is 12.5. The van der Waals surface area contributed by atoms with Crippen molar-refractivity contribution < 1.29 is 14.7 Å². The number of carbonyl (C=O) groups excluding carboxylic acids is 1. The van der Waals surface area contributed by atoms with E-state index in [0.717, 1.165) is 0 Å². The van der Waals surface area contributed by atoms with Gasteiger partial charge in [0.25, 0.3) is 0 Å². The van der Waals surface area contributed by atoms with Gasteiger partial charge in [-0.15, -0.1) is 12.3 Å². The number of nitrogens with one attached hydrogen (secondary N) is 2. The Morgan fingerprint density at radius 2 is 2.21 bits per heavy atom.